The van der Waals surface area contributed by atoms with Crippen LogP contribution in [0.15, 0.2) is 9.02 Å². The van der Waals surface area contributed by atoms with Crippen LogP contribution in [0.2, 0.25) is 0 Å². The molecule has 0 fully saturated rings. The van der Waals surface area contributed by atoms with Crippen LogP contribution in [0.4, 0.5) is 0 Å². The van der Waals surface area contributed by atoms with Gasteiger partial charge in [0.2, 0.25) is 0 Å². The SMILES string of the molecule is [Se]=c1[se]cc[te]1. The molecule has 0 atom stereocenters. The minimum atomic E-state index is 0.241. The topological polar surface area (TPSA) is 0 Å². The van der Waals surface area contributed by atoms with Gasteiger partial charge >= 0.3 is 60.5 Å². The van der Waals surface area contributed by atoms with E-state index >= 15 is 0 Å². The van der Waals surface area contributed by atoms with Gasteiger partial charge in [0.15, 0.2) is 0 Å². The van der Waals surface area contributed by atoms with Crippen molar-refractivity contribution in [2.24, 2.45) is 0 Å². The monoisotopic (exact) mass is 328 g/mol. The molecule has 1 aromatic rings. The number of hydrogen-bond acceptors (Lipinski definition) is 0. The molecule has 0 N–H and O–H groups in total. The van der Waals surface area contributed by atoms with Crippen molar-refractivity contribution >= 4 is 50.5 Å². The van der Waals surface area contributed by atoms with Gasteiger partial charge in [-0.2, -0.15) is 0 Å². The first-order chi connectivity index (χ1) is 2.89. The number of hydrogen-bond donors (Lipinski definition) is 0. The Balaban J connectivity index is 3.41. The summed E-state index contributed by atoms with van der Waals surface area (Å²) < 4.78 is 4.00. The molecule has 0 nitrogen and oxygen atoms in total. The van der Waals surface area contributed by atoms with Gasteiger partial charge in [-0.05, 0) is 0 Å². The van der Waals surface area contributed by atoms with Crippen molar-refractivity contribution in [3.05, 3.63) is 9.98 Å². The van der Waals surface area contributed by atoms with Gasteiger partial charge in [0.05, 0.1) is 0 Å². The first-order valence-corrected chi connectivity index (χ1v) is 6.63. The molecule has 0 aliphatic heterocycles. The van der Waals surface area contributed by atoms with Crippen molar-refractivity contribution in [2.45, 2.75) is 0 Å². The molecule has 0 unspecified atom stereocenters. The van der Waals surface area contributed by atoms with E-state index in [4.69, 9.17) is 0 Å². The Labute approximate surface area is 59.9 Å². The van der Waals surface area contributed by atoms with E-state index in [1.165, 1.54) is 0 Å². The Morgan fingerprint density at radius 1 is 1.83 bits per heavy atom. The third kappa shape index (κ3) is 1.50. The third-order valence-corrected chi connectivity index (χ3v) is 9.08. The molecule has 0 radical (unpaired) electrons. The second-order valence-electron chi connectivity index (χ2n) is 0.758. The molecule has 6 heavy (non-hydrogen) atoms. The van der Waals surface area contributed by atoms with Crippen LogP contribution in [0.3, 0.4) is 0 Å². The molecule has 32 valence electrons. The van der Waals surface area contributed by atoms with Crippen molar-refractivity contribution in [3.63, 3.8) is 0 Å². The zero-order chi connectivity index (χ0) is 4.41. The fourth-order valence-electron chi connectivity index (χ4n) is 0.194. The molecule has 0 saturated carbocycles. The van der Waals surface area contributed by atoms with Gasteiger partial charge in [0.1, 0.15) is 0 Å². The van der Waals surface area contributed by atoms with Crippen LogP contribution >= 0.6 is 0 Å². The maximum absolute atomic E-state index is 3.08. The van der Waals surface area contributed by atoms with E-state index in [2.05, 4.69) is 24.6 Å². The van der Waals surface area contributed by atoms with Crippen molar-refractivity contribution in [1.29, 1.82) is 0 Å². The Kier molecular flexibility index (Phi) is 2.48. The molecule has 1 rings (SSSR count). The summed E-state index contributed by atoms with van der Waals surface area (Å²) in [5.41, 5.74) is 0. The standard InChI is InChI=1S/C3H2Se2Te/c4-3-5-1-2-6-3/h1-2H. The fraction of sp³-hybridized carbons (Fsp3) is 0. The maximum atomic E-state index is 3.08. The first-order valence-electron chi connectivity index (χ1n) is 1.42. The van der Waals surface area contributed by atoms with Crippen LogP contribution in [0, 0.1) is 0.953 Å². The van der Waals surface area contributed by atoms with E-state index in [-0.39, 0.29) is 20.4 Å². The van der Waals surface area contributed by atoms with Crippen LogP contribution in [0.1, 0.15) is 0 Å². The minimum absolute atomic E-state index is 0.241. The average molecular weight is 324 g/mol. The summed E-state index contributed by atoms with van der Waals surface area (Å²) in [5, 5.41) is 0. The van der Waals surface area contributed by atoms with Gasteiger partial charge in [0.25, 0.3) is 0 Å². The van der Waals surface area contributed by atoms with Gasteiger partial charge in [-0.25, -0.2) is 0 Å². The Morgan fingerprint density at radius 2 is 2.67 bits per heavy atom. The molecule has 1 heterocycles. The normalized spacial score (nSPS) is 8.67. The Hall–Kier alpha value is 1.44. The van der Waals surface area contributed by atoms with E-state index in [1.54, 1.807) is 0.953 Å². The van der Waals surface area contributed by atoms with Crippen LogP contribution in [0.5, 0.6) is 0 Å². The zero-order valence-electron chi connectivity index (χ0n) is 2.88. The molecular formula is C3H2Se2Te. The molecule has 0 aliphatic rings. The van der Waals surface area contributed by atoms with Gasteiger partial charge in [-0.15, -0.1) is 0 Å². The summed E-state index contributed by atoms with van der Waals surface area (Å²) in [6.07, 6.45) is 0. The molecule has 0 saturated heterocycles. The molecule has 0 aliphatic carbocycles. The quantitative estimate of drug-likeness (QED) is 0.565. The van der Waals surface area contributed by atoms with Crippen LogP contribution in [0.25, 0.3) is 0 Å². The second kappa shape index (κ2) is 2.67. The molecule has 0 aromatic carbocycles. The molecule has 1 aromatic heterocycles. The van der Waals surface area contributed by atoms with Gasteiger partial charge < -0.3 is 0 Å². The van der Waals surface area contributed by atoms with Gasteiger partial charge in [-0.1, -0.05) is 0 Å². The predicted octanol–water partition coefficient (Wildman–Crippen LogP) is -0.499. The Bertz CT molecular complexity index is 147. The average Bonchev–Trinajstić information content (AvgIpc) is 1.86. The Morgan fingerprint density at radius 3 is 2.83 bits per heavy atom. The van der Waals surface area contributed by atoms with Crippen LogP contribution < -0.4 is 0 Å². The van der Waals surface area contributed by atoms with E-state index in [1.807, 2.05) is 0 Å². The predicted molar refractivity (Wildman–Crippen MR) is 29.3 cm³/mol. The van der Waals surface area contributed by atoms with Crippen LogP contribution in [-0.2, 0) is 0 Å². The number of rotatable bonds is 0. The van der Waals surface area contributed by atoms with Crippen LogP contribution in [-0.4, -0.2) is 50.5 Å². The fourth-order valence-corrected chi connectivity index (χ4v) is 6.56. The second-order valence-corrected chi connectivity index (χ2v) is 11.1. The summed E-state index contributed by atoms with van der Waals surface area (Å²) in [6, 6.07) is 0. The van der Waals surface area contributed by atoms with Crippen molar-refractivity contribution in [3.8, 4) is 0 Å². The van der Waals surface area contributed by atoms with E-state index in [0.29, 0.717) is 0 Å². The third-order valence-electron chi connectivity index (χ3n) is 0.384. The van der Waals surface area contributed by atoms with Crippen molar-refractivity contribution < 1.29 is 0 Å². The van der Waals surface area contributed by atoms with Gasteiger partial charge in [-0.3, -0.25) is 0 Å². The summed E-state index contributed by atoms with van der Waals surface area (Å²) >= 11 is 4.09. The summed E-state index contributed by atoms with van der Waals surface area (Å²) in [4.78, 5) is 2.31. The summed E-state index contributed by atoms with van der Waals surface area (Å²) in [7, 11) is 0. The van der Waals surface area contributed by atoms with Gasteiger partial charge in [0, 0.05) is 0 Å². The summed E-state index contributed by atoms with van der Waals surface area (Å²) in [6.45, 7) is 0. The molecule has 3 heteroatoms. The summed E-state index contributed by atoms with van der Waals surface area (Å²) in [5.74, 6) is 0. The molecular weight excluding hydrogens is 322 g/mol. The van der Waals surface area contributed by atoms with E-state index in [9.17, 15) is 0 Å². The zero-order valence-corrected chi connectivity index (χ0v) is 8.64. The van der Waals surface area contributed by atoms with E-state index < -0.39 is 0 Å². The first kappa shape index (κ1) is 5.57. The van der Waals surface area contributed by atoms with E-state index in [0.717, 1.165) is 14.5 Å². The molecule has 0 bridgehead atoms. The van der Waals surface area contributed by atoms with Crippen molar-refractivity contribution in [1.82, 2.24) is 0 Å². The van der Waals surface area contributed by atoms with Crippen molar-refractivity contribution in [2.75, 3.05) is 0 Å². The molecule has 0 amide bonds. The molecule has 0 spiro atoms.